The summed E-state index contributed by atoms with van der Waals surface area (Å²) in [6.07, 6.45) is 3.81. The Morgan fingerprint density at radius 1 is 1.06 bits per heavy atom. The topological polar surface area (TPSA) is 44.3 Å². The summed E-state index contributed by atoms with van der Waals surface area (Å²) < 4.78 is 0. The lowest BCUT2D eigenvalue weighted by molar-refractivity contribution is 0.311. The monoisotopic (exact) mass is 247 g/mol. The van der Waals surface area contributed by atoms with Crippen molar-refractivity contribution in [2.24, 2.45) is 0 Å². The lowest BCUT2D eigenvalue weighted by Crippen LogP contribution is -2.45. The van der Waals surface area contributed by atoms with Crippen molar-refractivity contribution in [3.63, 3.8) is 0 Å². The number of nitrogens with zero attached hydrogens (tertiary/aromatic N) is 4. The van der Waals surface area contributed by atoms with Gasteiger partial charge in [-0.1, -0.05) is 0 Å². The molecule has 0 amide bonds. The van der Waals surface area contributed by atoms with E-state index < -0.39 is 0 Å². The molecule has 0 atom stereocenters. The highest BCUT2D eigenvalue weighted by Gasteiger charge is 2.21. The molecule has 2 aliphatic rings. The molecule has 5 nitrogen and oxygen atoms in total. The minimum atomic E-state index is 1.03. The standard InChI is InChI=1S/C13H21N5/c1-17-6-8-18(9-7-17)13-11-2-4-14-5-3-12(11)15-10-16-13/h10,14H,2-9H2,1H3. The van der Waals surface area contributed by atoms with Crippen molar-refractivity contribution in [1.29, 1.82) is 0 Å². The molecule has 0 spiro atoms. The summed E-state index contributed by atoms with van der Waals surface area (Å²) in [6, 6.07) is 0. The second kappa shape index (κ2) is 5.20. The molecule has 0 bridgehead atoms. The summed E-state index contributed by atoms with van der Waals surface area (Å²) >= 11 is 0. The van der Waals surface area contributed by atoms with Crippen LogP contribution in [-0.2, 0) is 12.8 Å². The highest BCUT2D eigenvalue weighted by Crippen LogP contribution is 2.22. The summed E-state index contributed by atoms with van der Waals surface area (Å²) in [5.74, 6) is 1.18. The SMILES string of the molecule is CN1CCN(c2ncnc3c2CCNCC3)CC1. The number of hydrogen-bond donors (Lipinski definition) is 1. The van der Waals surface area contributed by atoms with Crippen molar-refractivity contribution in [3.05, 3.63) is 17.6 Å². The molecule has 2 aliphatic heterocycles. The third-order valence-corrected chi connectivity index (χ3v) is 3.91. The van der Waals surface area contributed by atoms with Gasteiger partial charge in [-0.05, 0) is 20.0 Å². The van der Waals surface area contributed by atoms with E-state index in [1.165, 1.54) is 17.1 Å². The number of rotatable bonds is 1. The number of piperazine rings is 1. The summed E-state index contributed by atoms with van der Waals surface area (Å²) in [5.41, 5.74) is 2.61. The van der Waals surface area contributed by atoms with Gasteiger partial charge in [0.05, 0.1) is 5.69 Å². The van der Waals surface area contributed by atoms with Gasteiger partial charge >= 0.3 is 0 Å². The zero-order valence-electron chi connectivity index (χ0n) is 11.0. The third-order valence-electron chi connectivity index (χ3n) is 3.91. The van der Waals surface area contributed by atoms with Gasteiger partial charge in [0.1, 0.15) is 12.1 Å². The Morgan fingerprint density at radius 2 is 1.83 bits per heavy atom. The second-order valence-corrected chi connectivity index (χ2v) is 5.16. The summed E-state index contributed by atoms with van der Waals surface area (Å²) in [7, 11) is 2.18. The van der Waals surface area contributed by atoms with Gasteiger partial charge < -0.3 is 15.1 Å². The molecular formula is C13H21N5. The first-order valence-corrected chi connectivity index (χ1v) is 6.81. The smallest absolute Gasteiger partial charge is 0.135 e. The molecule has 1 aromatic rings. The summed E-state index contributed by atoms with van der Waals surface area (Å²) in [6.45, 7) is 6.47. The number of anilines is 1. The third kappa shape index (κ3) is 2.33. The maximum absolute atomic E-state index is 4.55. The van der Waals surface area contributed by atoms with Gasteiger partial charge in [-0.25, -0.2) is 9.97 Å². The van der Waals surface area contributed by atoms with Gasteiger partial charge in [-0.2, -0.15) is 0 Å². The zero-order valence-corrected chi connectivity index (χ0v) is 11.0. The number of fused-ring (bicyclic) bond motifs is 1. The van der Waals surface area contributed by atoms with Crippen LogP contribution in [0.5, 0.6) is 0 Å². The average Bonchev–Trinajstić information content (AvgIpc) is 2.64. The van der Waals surface area contributed by atoms with Crippen molar-refractivity contribution >= 4 is 5.82 Å². The molecule has 3 rings (SSSR count). The van der Waals surface area contributed by atoms with Crippen LogP contribution in [0, 0.1) is 0 Å². The Morgan fingerprint density at radius 3 is 2.67 bits per heavy atom. The first kappa shape index (κ1) is 11.9. The van der Waals surface area contributed by atoms with Crippen LogP contribution >= 0.6 is 0 Å². The van der Waals surface area contributed by atoms with E-state index in [9.17, 15) is 0 Å². The molecule has 98 valence electrons. The normalized spacial score (nSPS) is 21.5. The molecule has 5 heteroatoms. The molecule has 0 aliphatic carbocycles. The molecule has 1 N–H and O–H groups in total. The molecule has 0 aromatic carbocycles. The lowest BCUT2D eigenvalue weighted by Gasteiger charge is -2.34. The van der Waals surface area contributed by atoms with Crippen LogP contribution in [0.1, 0.15) is 11.3 Å². The van der Waals surface area contributed by atoms with Crippen LogP contribution in [0.15, 0.2) is 6.33 Å². The lowest BCUT2D eigenvalue weighted by atomic mass is 10.1. The van der Waals surface area contributed by atoms with Crippen LogP contribution in [0.4, 0.5) is 5.82 Å². The molecular weight excluding hydrogens is 226 g/mol. The molecule has 1 fully saturated rings. The number of aromatic nitrogens is 2. The first-order chi connectivity index (χ1) is 8.84. The van der Waals surface area contributed by atoms with Gasteiger partial charge in [0, 0.05) is 44.7 Å². The van der Waals surface area contributed by atoms with Gasteiger partial charge in [0.2, 0.25) is 0 Å². The van der Waals surface area contributed by atoms with Crippen LogP contribution < -0.4 is 10.2 Å². The van der Waals surface area contributed by atoms with E-state index in [4.69, 9.17) is 0 Å². The van der Waals surface area contributed by atoms with Crippen molar-refractivity contribution in [3.8, 4) is 0 Å². The number of likely N-dealkylation sites (N-methyl/N-ethyl adjacent to an activating group) is 1. The van der Waals surface area contributed by atoms with Gasteiger partial charge in [0.25, 0.3) is 0 Å². The van der Waals surface area contributed by atoms with E-state index >= 15 is 0 Å². The Kier molecular flexibility index (Phi) is 3.43. The fourth-order valence-electron chi connectivity index (χ4n) is 2.75. The summed E-state index contributed by atoms with van der Waals surface area (Å²) in [4.78, 5) is 13.8. The molecule has 0 radical (unpaired) electrons. The Labute approximate surface area is 108 Å². The highest BCUT2D eigenvalue weighted by atomic mass is 15.3. The van der Waals surface area contributed by atoms with Gasteiger partial charge in [-0.3, -0.25) is 0 Å². The molecule has 18 heavy (non-hydrogen) atoms. The molecule has 1 aromatic heterocycles. The van der Waals surface area contributed by atoms with Crippen molar-refractivity contribution in [1.82, 2.24) is 20.2 Å². The van der Waals surface area contributed by atoms with Crippen LogP contribution in [0.3, 0.4) is 0 Å². The van der Waals surface area contributed by atoms with Crippen LogP contribution in [-0.4, -0.2) is 61.2 Å². The average molecular weight is 247 g/mol. The number of hydrogen-bond acceptors (Lipinski definition) is 5. The van der Waals surface area contributed by atoms with E-state index in [0.717, 1.165) is 52.1 Å². The molecule has 1 saturated heterocycles. The van der Waals surface area contributed by atoms with E-state index in [2.05, 4.69) is 32.1 Å². The fraction of sp³-hybridized carbons (Fsp3) is 0.692. The predicted molar refractivity (Wildman–Crippen MR) is 72.0 cm³/mol. The van der Waals surface area contributed by atoms with Gasteiger partial charge in [-0.15, -0.1) is 0 Å². The fourth-order valence-corrected chi connectivity index (χ4v) is 2.75. The number of nitrogens with one attached hydrogen (secondary N) is 1. The highest BCUT2D eigenvalue weighted by molar-refractivity contribution is 5.49. The minimum Gasteiger partial charge on any atom is -0.354 e. The van der Waals surface area contributed by atoms with Crippen molar-refractivity contribution in [2.45, 2.75) is 12.8 Å². The van der Waals surface area contributed by atoms with Gasteiger partial charge in [0.15, 0.2) is 0 Å². The maximum Gasteiger partial charge on any atom is 0.135 e. The predicted octanol–water partition coefficient (Wildman–Crippen LogP) is -0.0834. The molecule has 3 heterocycles. The first-order valence-electron chi connectivity index (χ1n) is 6.81. The van der Waals surface area contributed by atoms with E-state index in [1.807, 2.05) is 0 Å². The van der Waals surface area contributed by atoms with Crippen LogP contribution in [0.2, 0.25) is 0 Å². The second-order valence-electron chi connectivity index (χ2n) is 5.16. The maximum atomic E-state index is 4.55. The Hall–Kier alpha value is -1.20. The summed E-state index contributed by atoms with van der Waals surface area (Å²) in [5, 5.41) is 3.44. The molecule has 0 saturated carbocycles. The van der Waals surface area contributed by atoms with Crippen LogP contribution in [0.25, 0.3) is 0 Å². The van der Waals surface area contributed by atoms with E-state index in [-0.39, 0.29) is 0 Å². The largest absolute Gasteiger partial charge is 0.354 e. The van der Waals surface area contributed by atoms with E-state index in [0.29, 0.717) is 0 Å². The van der Waals surface area contributed by atoms with Crippen molar-refractivity contribution in [2.75, 3.05) is 51.2 Å². The molecule has 0 unspecified atom stereocenters. The Bertz CT molecular complexity index is 412. The zero-order chi connectivity index (χ0) is 12.4. The quantitative estimate of drug-likeness (QED) is 0.752. The Balaban J connectivity index is 1.87. The van der Waals surface area contributed by atoms with E-state index in [1.54, 1.807) is 6.33 Å². The van der Waals surface area contributed by atoms with Crippen molar-refractivity contribution < 1.29 is 0 Å². The minimum absolute atomic E-state index is 1.03.